The predicted molar refractivity (Wildman–Crippen MR) is 166 cm³/mol. The number of ether oxygens (including phenoxy) is 5. The maximum Gasteiger partial charge on any atom is 0.104 e. The molecule has 0 heterocycles. The molecule has 6 atom stereocenters. The van der Waals surface area contributed by atoms with Crippen LogP contribution in [0.4, 0.5) is 0 Å². The lowest BCUT2D eigenvalue weighted by atomic mass is 10.0. The fourth-order valence-electron chi connectivity index (χ4n) is 4.25. The minimum Gasteiger partial charge on any atom is -0.378 e. The predicted octanol–water partition coefficient (Wildman–Crippen LogP) is 8.22. The van der Waals surface area contributed by atoms with Crippen molar-refractivity contribution in [1.29, 1.82) is 0 Å². The molecule has 6 unspecified atom stereocenters. The van der Waals surface area contributed by atoms with E-state index >= 15 is 0 Å². The van der Waals surface area contributed by atoms with Crippen LogP contribution in [0.5, 0.6) is 0 Å². The number of allylic oxidation sites excluding steroid dienone is 4. The van der Waals surface area contributed by atoms with Crippen molar-refractivity contribution in [2.45, 2.75) is 91.3 Å². The van der Waals surface area contributed by atoms with Crippen LogP contribution in [0.1, 0.15) is 79.1 Å². The van der Waals surface area contributed by atoms with Crippen LogP contribution in [0.3, 0.4) is 0 Å². The van der Waals surface area contributed by atoms with Crippen LogP contribution in [0, 0.1) is 23.7 Å². The third-order valence-corrected chi connectivity index (χ3v) is 7.37. The van der Waals surface area contributed by atoms with Crippen LogP contribution in [-0.4, -0.2) is 65.1 Å². The lowest BCUT2D eigenvalue weighted by Gasteiger charge is -2.25. The normalized spacial score (nSPS) is 16.1. The summed E-state index contributed by atoms with van der Waals surface area (Å²) < 4.78 is 31.0. The summed E-state index contributed by atoms with van der Waals surface area (Å²) in [5.41, 5.74) is 0. The molecule has 0 saturated heterocycles. The summed E-state index contributed by atoms with van der Waals surface area (Å²) in [7, 11) is 0. The maximum absolute atomic E-state index is 6.30. The van der Waals surface area contributed by atoms with Gasteiger partial charge in [0.2, 0.25) is 0 Å². The van der Waals surface area contributed by atoms with E-state index in [9.17, 15) is 0 Å². The van der Waals surface area contributed by atoms with Gasteiger partial charge in [-0.3, -0.25) is 0 Å². The van der Waals surface area contributed by atoms with Gasteiger partial charge in [-0.1, -0.05) is 77.7 Å². The average molecular weight is 551 g/mol. The van der Waals surface area contributed by atoms with E-state index < -0.39 is 0 Å². The van der Waals surface area contributed by atoms with Gasteiger partial charge in [0.25, 0.3) is 0 Å². The van der Waals surface area contributed by atoms with Crippen LogP contribution in [-0.2, 0) is 23.7 Å². The Hall–Kier alpha value is -1.24. The highest BCUT2D eigenvalue weighted by Gasteiger charge is 2.18. The maximum atomic E-state index is 6.30. The van der Waals surface area contributed by atoms with Gasteiger partial charge in [0, 0.05) is 13.2 Å². The van der Waals surface area contributed by atoms with Crippen LogP contribution >= 0.6 is 0 Å². The number of rotatable bonds is 30. The van der Waals surface area contributed by atoms with Crippen LogP contribution < -0.4 is 0 Å². The molecular formula is C34H62O5. The Morgan fingerprint density at radius 2 is 0.667 bits per heavy atom. The van der Waals surface area contributed by atoms with Crippen molar-refractivity contribution >= 4 is 0 Å². The molecule has 39 heavy (non-hydrogen) atoms. The summed E-state index contributed by atoms with van der Waals surface area (Å²) in [6.07, 6.45) is 15.7. The van der Waals surface area contributed by atoms with Crippen molar-refractivity contribution in [3.8, 4) is 0 Å². The molecule has 0 spiro atoms. The van der Waals surface area contributed by atoms with Gasteiger partial charge in [0.15, 0.2) is 0 Å². The van der Waals surface area contributed by atoms with Crippen LogP contribution in [0.15, 0.2) is 50.6 Å². The SMILES string of the molecule is C=CCC(CC)COCC(COCC(COCC(CC)CC=C)OCC(CC)CC=C)OCC(CC)CC=C. The van der Waals surface area contributed by atoms with Gasteiger partial charge in [0.05, 0.1) is 39.6 Å². The first-order valence-corrected chi connectivity index (χ1v) is 15.4. The van der Waals surface area contributed by atoms with Crippen molar-refractivity contribution in [2.24, 2.45) is 23.7 Å². The highest BCUT2D eigenvalue weighted by Crippen LogP contribution is 2.15. The van der Waals surface area contributed by atoms with Crippen molar-refractivity contribution in [1.82, 2.24) is 0 Å². The van der Waals surface area contributed by atoms with Gasteiger partial charge in [-0.15, -0.1) is 26.3 Å². The summed E-state index contributed by atoms with van der Waals surface area (Å²) in [6, 6.07) is 0. The Bertz CT molecular complexity index is 542. The fourth-order valence-corrected chi connectivity index (χ4v) is 4.25. The highest BCUT2D eigenvalue weighted by molar-refractivity contribution is 4.75. The minimum atomic E-state index is -0.132. The largest absolute Gasteiger partial charge is 0.378 e. The van der Waals surface area contributed by atoms with Crippen molar-refractivity contribution in [2.75, 3.05) is 52.9 Å². The molecule has 0 aliphatic rings. The first-order valence-electron chi connectivity index (χ1n) is 15.4. The molecule has 0 N–H and O–H groups in total. The zero-order valence-corrected chi connectivity index (χ0v) is 26.0. The van der Waals surface area contributed by atoms with Gasteiger partial charge >= 0.3 is 0 Å². The first-order chi connectivity index (χ1) is 19.0. The molecule has 5 nitrogen and oxygen atoms in total. The molecule has 0 fully saturated rings. The molecule has 0 aromatic carbocycles. The van der Waals surface area contributed by atoms with Crippen molar-refractivity contribution in [3.05, 3.63) is 50.6 Å². The van der Waals surface area contributed by atoms with Crippen molar-refractivity contribution in [3.63, 3.8) is 0 Å². The van der Waals surface area contributed by atoms with Gasteiger partial charge < -0.3 is 23.7 Å². The van der Waals surface area contributed by atoms with Gasteiger partial charge in [0.1, 0.15) is 12.2 Å². The second kappa shape index (κ2) is 27.0. The minimum absolute atomic E-state index is 0.132. The first kappa shape index (κ1) is 37.8. The monoisotopic (exact) mass is 550 g/mol. The fraction of sp³-hybridized carbons (Fsp3) is 0.765. The van der Waals surface area contributed by atoms with E-state index in [1.807, 2.05) is 24.3 Å². The molecule has 0 aromatic rings. The topological polar surface area (TPSA) is 46.2 Å². The molecule has 0 aromatic heterocycles. The zero-order chi connectivity index (χ0) is 29.1. The van der Waals surface area contributed by atoms with E-state index in [-0.39, 0.29) is 12.2 Å². The second-order valence-corrected chi connectivity index (χ2v) is 10.7. The standard InChI is InChI=1S/C34H62O5/c1-9-17-29(13-5)21-35-25-33(38-23-31(15-7)19-11-3)27-37-28-34(39-24-32(16-8)20-12-4)26-36-22-30(14-6)18-10-2/h9-12,29-34H,1-4,13-28H2,5-8H3. The summed E-state index contributed by atoms with van der Waals surface area (Å²) in [5.74, 6) is 1.88. The van der Waals surface area contributed by atoms with Gasteiger partial charge in [-0.2, -0.15) is 0 Å². The Morgan fingerprint density at radius 1 is 0.410 bits per heavy atom. The molecule has 0 aliphatic heterocycles. The molecule has 0 rings (SSSR count). The van der Waals surface area contributed by atoms with Crippen molar-refractivity contribution < 1.29 is 23.7 Å². The lowest BCUT2D eigenvalue weighted by Crippen LogP contribution is -2.33. The average Bonchev–Trinajstić information content (AvgIpc) is 2.95. The van der Waals surface area contributed by atoms with Crippen LogP contribution in [0.25, 0.3) is 0 Å². The van der Waals surface area contributed by atoms with E-state index in [1.165, 1.54) is 0 Å². The summed E-state index contributed by atoms with van der Waals surface area (Å²) in [5, 5.41) is 0. The Morgan fingerprint density at radius 3 is 0.923 bits per heavy atom. The number of hydrogen-bond acceptors (Lipinski definition) is 5. The third-order valence-electron chi connectivity index (χ3n) is 7.37. The quantitative estimate of drug-likeness (QED) is 0.0843. The highest BCUT2D eigenvalue weighted by atomic mass is 16.6. The molecular weight excluding hydrogens is 488 g/mol. The zero-order valence-electron chi connectivity index (χ0n) is 26.0. The number of hydrogen-bond donors (Lipinski definition) is 0. The summed E-state index contributed by atoms with van der Waals surface area (Å²) in [4.78, 5) is 0. The summed E-state index contributed by atoms with van der Waals surface area (Å²) in [6.45, 7) is 29.0. The van der Waals surface area contributed by atoms with E-state index in [1.54, 1.807) is 0 Å². The Balaban J connectivity index is 5.06. The van der Waals surface area contributed by atoms with Crippen LogP contribution in [0.2, 0.25) is 0 Å². The van der Waals surface area contributed by atoms with E-state index in [0.717, 1.165) is 51.4 Å². The van der Waals surface area contributed by atoms with E-state index in [4.69, 9.17) is 23.7 Å². The second-order valence-electron chi connectivity index (χ2n) is 10.7. The molecule has 0 radical (unpaired) electrons. The molecule has 0 saturated carbocycles. The Kier molecular flexibility index (Phi) is 26.1. The molecule has 0 bridgehead atoms. The smallest absolute Gasteiger partial charge is 0.104 e. The molecule has 0 amide bonds. The van der Waals surface area contributed by atoms with E-state index in [2.05, 4.69) is 54.0 Å². The third kappa shape index (κ3) is 20.3. The lowest BCUT2D eigenvalue weighted by molar-refractivity contribution is -0.106. The molecule has 0 aliphatic carbocycles. The van der Waals surface area contributed by atoms with E-state index in [0.29, 0.717) is 76.5 Å². The summed E-state index contributed by atoms with van der Waals surface area (Å²) >= 11 is 0. The van der Waals surface area contributed by atoms with Gasteiger partial charge in [-0.25, -0.2) is 0 Å². The molecule has 5 heteroatoms. The molecule has 228 valence electrons. The van der Waals surface area contributed by atoms with Gasteiger partial charge in [-0.05, 0) is 49.4 Å². The Labute approximate surface area is 242 Å².